The van der Waals surface area contributed by atoms with Crippen molar-refractivity contribution in [1.82, 2.24) is 5.43 Å². The van der Waals surface area contributed by atoms with Crippen molar-refractivity contribution < 1.29 is 4.79 Å². The molecule has 100 valence electrons. The number of hydrogen-bond acceptors (Lipinski definition) is 5. The van der Waals surface area contributed by atoms with Crippen LogP contribution >= 0.6 is 34.7 Å². The maximum absolute atomic E-state index is 11.6. The number of hydrogen-bond donors (Lipinski definition) is 3. The minimum Gasteiger partial charge on any atom is -0.398 e. The number of thiophene rings is 1. The Balaban J connectivity index is 2.15. The largest absolute Gasteiger partial charge is 0.398 e. The summed E-state index contributed by atoms with van der Waals surface area (Å²) in [5.41, 5.74) is 9.57. The van der Waals surface area contributed by atoms with Gasteiger partial charge in [0.05, 0.1) is 9.90 Å². The van der Waals surface area contributed by atoms with E-state index in [1.165, 1.54) is 23.1 Å². The minimum atomic E-state index is -0.280. The Hall–Kier alpha value is -1.21. The van der Waals surface area contributed by atoms with Crippen LogP contribution in [0.5, 0.6) is 0 Å². The van der Waals surface area contributed by atoms with Crippen LogP contribution in [0.25, 0.3) is 0 Å². The minimum absolute atomic E-state index is 0.280. The quantitative estimate of drug-likeness (QED) is 0.266. The third-order valence-corrected chi connectivity index (χ3v) is 5.04. The van der Waals surface area contributed by atoms with Gasteiger partial charge in [0, 0.05) is 16.3 Å². The van der Waals surface area contributed by atoms with Gasteiger partial charge in [-0.2, -0.15) is 0 Å². The highest BCUT2D eigenvalue weighted by Gasteiger charge is 2.13. The molecule has 2 aromatic rings. The number of carbonyl (C=O) groups is 1. The number of nitrogens with two attached hydrogens (primary N) is 2. The zero-order valence-corrected chi connectivity index (χ0v) is 12.2. The van der Waals surface area contributed by atoms with E-state index in [0.29, 0.717) is 21.3 Å². The van der Waals surface area contributed by atoms with E-state index in [1.807, 2.05) is 11.4 Å². The molecule has 7 heteroatoms. The van der Waals surface area contributed by atoms with E-state index >= 15 is 0 Å². The fraction of sp³-hybridized carbons (Fsp3) is 0.0833. The molecular weight excluding hydrogens is 302 g/mol. The second kappa shape index (κ2) is 6.29. The van der Waals surface area contributed by atoms with Gasteiger partial charge in [-0.1, -0.05) is 17.7 Å². The third-order valence-electron chi connectivity index (χ3n) is 2.45. The van der Waals surface area contributed by atoms with Crippen LogP contribution in [0, 0.1) is 0 Å². The fourth-order valence-corrected chi connectivity index (χ4v) is 3.79. The first-order chi connectivity index (χ1) is 9.13. The van der Waals surface area contributed by atoms with Crippen molar-refractivity contribution >= 4 is 46.3 Å². The zero-order chi connectivity index (χ0) is 13.8. The summed E-state index contributed by atoms with van der Waals surface area (Å²) < 4.78 is 0. The maximum Gasteiger partial charge on any atom is 0.275 e. The molecule has 0 bridgehead atoms. The number of rotatable bonds is 4. The summed E-state index contributed by atoms with van der Waals surface area (Å²) in [6.45, 7) is 0. The first-order valence-corrected chi connectivity index (χ1v) is 7.62. The summed E-state index contributed by atoms with van der Waals surface area (Å²) in [7, 11) is 0. The molecule has 0 radical (unpaired) electrons. The highest BCUT2D eigenvalue weighted by molar-refractivity contribution is 7.98. The summed E-state index contributed by atoms with van der Waals surface area (Å²) in [5.74, 6) is 5.48. The van der Waals surface area contributed by atoms with E-state index in [9.17, 15) is 4.79 Å². The molecular formula is C12H12ClN3OS2. The number of anilines is 1. The Bertz CT molecular complexity index is 580. The molecule has 0 saturated carbocycles. The monoisotopic (exact) mass is 313 g/mol. The lowest BCUT2D eigenvalue weighted by Crippen LogP contribution is -2.29. The second-order valence-electron chi connectivity index (χ2n) is 3.70. The lowest BCUT2D eigenvalue weighted by Gasteiger charge is -2.07. The first kappa shape index (κ1) is 14.2. The lowest BCUT2D eigenvalue weighted by molar-refractivity contribution is 0.0957. The fourth-order valence-electron chi connectivity index (χ4n) is 1.54. The van der Waals surface area contributed by atoms with E-state index in [0.717, 1.165) is 10.5 Å². The zero-order valence-electron chi connectivity index (χ0n) is 9.85. The molecule has 1 amide bonds. The van der Waals surface area contributed by atoms with Crippen molar-refractivity contribution in [2.75, 3.05) is 5.73 Å². The van der Waals surface area contributed by atoms with Gasteiger partial charge in [-0.05, 0) is 29.1 Å². The van der Waals surface area contributed by atoms with Crippen LogP contribution in [0.15, 0.2) is 34.5 Å². The molecule has 5 N–H and O–H groups in total. The Kier molecular flexibility index (Phi) is 4.71. The highest BCUT2D eigenvalue weighted by Crippen LogP contribution is 2.35. The van der Waals surface area contributed by atoms with E-state index in [2.05, 4.69) is 5.43 Å². The number of nitrogens with one attached hydrogen (secondary N) is 1. The number of benzene rings is 1. The molecule has 0 unspecified atom stereocenters. The lowest BCUT2D eigenvalue weighted by atomic mass is 10.3. The standard InChI is InChI=1S/C12H12ClN3OS2/c13-8-2-1-3-9(14)11(8)19-6-7-4-5-18-10(7)12(17)16-15/h1-5H,6,14-15H2,(H,16,17). The second-order valence-corrected chi connectivity index (χ2v) is 6.00. The van der Waals surface area contributed by atoms with Crippen molar-refractivity contribution in [2.45, 2.75) is 10.6 Å². The van der Waals surface area contributed by atoms with Crippen LogP contribution in [0.1, 0.15) is 15.2 Å². The summed E-state index contributed by atoms with van der Waals surface area (Å²) in [4.78, 5) is 13.0. The smallest absolute Gasteiger partial charge is 0.275 e. The Morgan fingerprint density at radius 3 is 2.89 bits per heavy atom. The van der Waals surface area contributed by atoms with E-state index in [-0.39, 0.29) is 5.91 Å². The predicted octanol–water partition coefficient (Wildman–Crippen LogP) is 2.88. The van der Waals surface area contributed by atoms with Crippen LogP contribution in [0.2, 0.25) is 5.02 Å². The normalized spacial score (nSPS) is 10.4. The molecule has 0 fully saturated rings. The van der Waals surface area contributed by atoms with Crippen molar-refractivity contribution in [3.05, 3.63) is 45.1 Å². The van der Waals surface area contributed by atoms with Gasteiger partial charge in [0.25, 0.3) is 5.91 Å². The van der Waals surface area contributed by atoms with Crippen LogP contribution in [0.4, 0.5) is 5.69 Å². The van der Waals surface area contributed by atoms with Gasteiger partial charge < -0.3 is 5.73 Å². The number of thioether (sulfide) groups is 1. The first-order valence-electron chi connectivity index (χ1n) is 5.37. The molecule has 0 saturated heterocycles. The van der Waals surface area contributed by atoms with Gasteiger partial charge in [0.2, 0.25) is 0 Å². The molecule has 0 aliphatic heterocycles. The molecule has 0 spiro atoms. The van der Waals surface area contributed by atoms with E-state index < -0.39 is 0 Å². The molecule has 0 aliphatic carbocycles. The van der Waals surface area contributed by atoms with Gasteiger partial charge in [0.15, 0.2) is 0 Å². The summed E-state index contributed by atoms with van der Waals surface area (Å²) in [6, 6.07) is 7.30. The number of halogens is 1. The molecule has 1 aromatic heterocycles. The third kappa shape index (κ3) is 3.22. The molecule has 19 heavy (non-hydrogen) atoms. The van der Waals surface area contributed by atoms with Crippen molar-refractivity contribution in [2.24, 2.45) is 5.84 Å². The topological polar surface area (TPSA) is 81.1 Å². The van der Waals surface area contributed by atoms with Gasteiger partial charge in [0.1, 0.15) is 0 Å². The number of carbonyl (C=O) groups excluding carboxylic acids is 1. The summed E-state index contributed by atoms with van der Waals surface area (Å²) >= 11 is 8.96. The molecule has 2 rings (SSSR count). The predicted molar refractivity (Wildman–Crippen MR) is 81.4 cm³/mol. The van der Waals surface area contributed by atoms with Crippen molar-refractivity contribution in [3.63, 3.8) is 0 Å². The SMILES string of the molecule is NNC(=O)c1sccc1CSc1c(N)cccc1Cl. The number of amides is 1. The average Bonchev–Trinajstić information content (AvgIpc) is 2.85. The van der Waals surface area contributed by atoms with Crippen LogP contribution in [-0.2, 0) is 5.75 Å². The van der Waals surface area contributed by atoms with Crippen LogP contribution in [0.3, 0.4) is 0 Å². The number of nitrogen functional groups attached to an aromatic ring is 2. The van der Waals surface area contributed by atoms with Gasteiger partial charge >= 0.3 is 0 Å². The Labute approximate surface area is 124 Å². The van der Waals surface area contributed by atoms with E-state index in [1.54, 1.807) is 18.2 Å². The molecule has 1 heterocycles. The maximum atomic E-state index is 11.6. The Morgan fingerprint density at radius 1 is 1.42 bits per heavy atom. The highest BCUT2D eigenvalue weighted by atomic mass is 35.5. The summed E-state index contributed by atoms with van der Waals surface area (Å²) in [6.07, 6.45) is 0. The number of hydrazine groups is 1. The van der Waals surface area contributed by atoms with Crippen LogP contribution in [-0.4, -0.2) is 5.91 Å². The Morgan fingerprint density at radius 2 is 2.21 bits per heavy atom. The van der Waals surface area contributed by atoms with Crippen molar-refractivity contribution in [1.29, 1.82) is 0 Å². The van der Waals surface area contributed by atoms with Gasteiger partial charge in [-0.15, -0.1) is 23.1 Å². The molecule has 0 atom stereocenters. The van der Waals surface area contributed by atoms with Gasteiger partial charge in [-0.25, -0.2) is 5.84 Å². The van der Waals surface area contributed by atoms with Crippen LogP contribution < -0.4 is 17.0 Å². The van der Waals surface area contributed by atoms with Crippen molar-refractivity contribution in [3.8, 4) is 0 Å². The molecule has 1 aromatic carbocycles. The molecule has 0 aliphatic rings. The van der Waals surface area contributed by atoms with E-state index in [4.69, 9.17) is 23.2 Å². The average molecular weight is 314 g/mol. The van der Waals surface area contributed by atoms with Gasteiger partial charge in [-0.3, -0.25) is 10.2 Å². The molecule has 4 nitrogen and oxygen atoms in total. The summed E-state index contributed by atoms with van der Waals surface area (Å²) in [5, 5.41) is 2.47.